The SMILES string of the molecule is CN1CCC(NCc2cc(F)ccc2Cl)C1=O. The Hall–Kier alpha value is -1.13. The molecule has 0 radical (unpaired) electrons. The van der Waals surface area contributed by atoms with Gasteiger partial charge in [-0.05, 0) is 30.2 Å². The maximum absolute atomic E-state index is 13.0. The fraction of sp³-hybridized carbons (Fsp3) is 0.417. The van der Waals surface area contributed by atoms with Gasteiger partial charge in [0.05, 0.1) is 6.04 Å². The number of nitrogens with one attached hydrogen (secondary N) is 1. The van der Waals surface area contributed by atoms with Crippen LogP contribution in [0.15, 0.2) is 18.2 Å². The summed E-state index contributed by atoms with van der Waals surface area (Å²) in [6.07, 6.45) is 0.780. The second-order valence-electron chi connectivity index (χ2n) is 4.22. The van der Waals surface area contributed by atoms with E-state index >= 15 is 0 Å². The molecule has 1 aliphatic rings. The third-order valence-electron chi connectivity index (χ3n) is 2.97. The van der Waals surface area contributed by atoms with E-state index in [1.165, 1.54) is 18.2 Å². The van der Waals surface area contributed by atoms with E-state index in [9.17, 15) is 9.18 Å². The van der Waals surface area contributed by atoms with Crippen LogP contribution < -0.4 is 5.32 Å². The molecule has 1 unspecified atom stereocenters. The first-order valence-electron chi connectivity index (χ1n) is 5.50. The maximum atomic E-state index is 13.0. The number of carbonyl (C=O) groups excluding carboxylic acids is 1. The molecule has 1 aromatic rings. The van der Waals surface area contributed by atoms with Crippen molar-refractivity contribution >= 4 is 17.5 Å². The average molecular weight is 257 g/mol. The lowest BCUT2D eigenvalue weighted by Gasteiger charge is -2.12. The Morgan fingerprint density at radius 2 is 2.35 bits per heavy atom. The Morgan fingerprint density at radius 1 is 1.59 bits per heavy atom. The molecular formula is C12H14ClFN2O. The van der Waals surface area contributed by atoms with Crippen molar-refractivity contribution < 1.29 is 9.18 Å². The molecule has 1 aliphatic heterocycles. The topological polar surface area (TPSA) is 32.3 Å². The molecular weight excluding hydrogens is 243 g/mol. The molecule has 17 heavy (non-hydrogen) atoms. The summed E-state index contributed by atoms with van der Waals surface area (Å²) < 4.78 is 13.0. The Labute approximate surface area is 105 Å². The molecule has 92 valence electrons. The van der Waals surface area contributed by atoms with Crippen molar-refractivity contribution in [2.24, 2.45) is 0 Å². The minimum Gasteiger partial charge on any atom is -0.344 e. The summed E-state index contributed by atoms with van der Waals surface area (Å²) in [5, 5.41) is 3.62. The van der Waals surface area contributed by atoms with Crippen molar-refractivity contribution in [3.8, 4) is 0 Å². The van der Waals surface area contributed by atoms with Gasteiger partial charge in [-0.25, -0.2) is 4.39 Å². The van der Waals surface area contributed by atoms with Crippen LogP contribution in [0.25, 0.3) is 0 Å². The van der Waals surface area contributed by atoms with Gasteiger partial charge in [0, 0.05) is 25.2 Å². The molecule has 0 saturated carbocycles. The summed E-state index contributed by atoms with van der Waals surface area (Å²) in [4.78, 5) is 13.3. The number of hydrogen-bond acceptors (Lipinski definition) is 2. The third kappa shape index (κ3) is 2.76. The molecule has 3 nitrogen and oxygen atoms in total. The van der Waals surface area contributed by atoms with Crippen LogP contribution in [-0.4, -0.2) is 30.4 Å². The molecule has 0 spiro atoms. The Bertz CT molecular complexity index is 439. The molecule has 0 bridgehead atoms. The van der Waals surface area contributed by atoms with Gasteiger partial charge in [-0.15, -0.1) is 0 Å². The van der Waals surface area contributed by atoms with Gasteiger partial charge in [-0.3, -0.25) is 4.79 Å². The van der Waals surface area contributed by atoms with Gasteiger partial charge in [-0.1, -0.05) is 11.6 Å². The predicted octanol–water partition coefficient (Wildman–Crippen LogP) is 1.80. The smallest absolute Gasteiger partial charge is 0.239 e. The zero-order valence-electron chi connectivity index (χ0n) is 9.54. The Morgan fingerprint density at radius 3 is 3.00 bits per heavy atom. The fourth-order valence-corrected chi connectivity index (χ4v) is 2.11. The summed E-state index contributed by atoms with van der Waals surface area (Å²) in [6.45, 7) is 1.16. The summed E-state index contributed by atoms with van der Waals surface area (Å²) in [7, 11) is 1.78. The van der Waals surface area contributed by atoms with E-state index in [-0.39, 0.29) is 17.8 Å². The van der Waals surface area contributed by atoms with Crippen LogP contribution in [0.4, 0.5) is 4.39 Å². The normalized spacial score (nSPS) is 20.1. The molecule has 1 amide bonds. The van der Waals surface area contributed by atoms with Crippen molar-refractivity contribution in [1.29, 1.82) is 0 Å². The van der Waals surface area contributed by atoms with Gasteiger partial charge in [0.25, 0.3) is 0 Å². The van der Waals surface area contributed by atoms with Crippen LogP contribution in [0.2, 0.25) is 5.02 Å². The third-order valence-corrected chi connectivity index (χ3v) is 3.34. The minimum atomic E-state index is -0.318. The van der Waals surface area contributed by atoms with Crippen molar-refractivity contribution in [3.63, 3.8) is 0 Å². The highest BCUT2D eigenvalue weighted by atomic mass is 35.5. The van der Waals surface area contributed by atoms with Gasteiger partial charge in [0.15, 0.2) is 0 Å². The molecule has 1 N–H and O–H groups in total. The highest BCUT2D eigenvalue weighted by Crippen LogP contribution is 2.18. The number of hydrogen-bond donors (Lipinski definition) is 1. The van der Waals surface area contributed by atoms with Gasteiger partial charge in [-0.2, -0.15) is 0 Å². The summed E-state index contributed by atoms with van der Waals surface area (Å²) >= 11 is 5.94. The van der Waals surface area contributed by atoms with Gasteiger partial charge >= 0.3 is 0 Å². The molecule has 0 aromatic heterocycles. The average Bonchev–Trinajstić information content (AvgIpc) is 2.62. The van der Waals surface area contributed by atoms with Crippen molar-refractivity contribution in [3.05, 3.63) is 34.6 Å². The van der Waals surface area contributed by atoms with Crippen LogP contribution >= 0.6 is 11.6 Å². The number of benzene rings is 1. The van der Waals surface area contributed by atoms with Crippen LogP contribution in [0.3, 0.4) is 0 Å². The van der Waals surface area contributed by atoms with Crippen LogP contribution in [-0.2, 0) is 11.3 Å². The van der Waals surface area contributed by atoms with E-state index in [2.05, 4.69) is 5.32 Å². The Balaban J connectivity index is 1.98. The zero-order valence-corrected chi connectivity index (χ0v) is 10.3. The van der Waals surface area contributed by atoms with E-state index < -0.39 is 0 Å². The van der Waals surface area contributed by atoms with E-state index in [0.29, 0.717) is 17.1 Å². The molecule has 2 rings (SSSR count). The maximum Gasteiger partial charge on any atom is 0.239 e. The van der Waals surface area contributed by atoms with E-state index in [4.69, 9.17) is 11.6 Å². The monoisotopic (exact) mass is 256 g/mol. The number of carbonyl (C=O) groups is 1. The molecule has 1 heterocycles. The van der Waals surface area contributed by atoms with Crippen molar-refractivity contribution in [2.45, 2.75) is 19.0 Å². The highest BCUT2D eigenvalue weighted by molar-refractivity contribution is 6.31. The van der Waals surface area contributed by atoms with E-state index in [1.807, 2.05) is 0 Å². The van der Waals surface area contributed by atoms with E-state index in [1.54, 1.807) is 11.9 Å². The molecule has 0 aliphatic carbocycles. The number of rotatable bonds is 3. The molecule has 5 heteroatoms. The van der Waals surface area contributed by atoms with Crippen molar-refractivity contribution in [1.82, 2.24) is 10.2 Å². The molecule has 1 aromatic carbocycles. The lowest BCUT2D eigenvalue weighted by molar-refractivity contribution is -0.128. The van der Waals surface area contributed by atoms with E-state index in [0.717, 1.165) is 13.0 Å². The summed E-state index contributed by atoms with van der Waals surface area (Å²) in [6, 6.07) is 4.05. The first kappa shape index (κ1) is 12.3. The lowest BCUT2D eigenvalue weighted by atomic mass is 10.2. The van der Waals surface area contributed by atoms with Crippen LogP contribution in [0, 0.1) is 5.82 Å². The second-order valence-corrected chi connectivity index (χ2v) is 4.62. The first-order chi connectivity index (χ1) is 8.08. The molecule has 1 fully saturated rings. The number of nitrogens with zero attached hydrogens (tertiary/aromatic N) is 1. The molecule has 1 atom stereocenters. The zero-order chi connectivity index (χ0) is 12.4. The summed E-state index contributed by atoms with van der Waals surface area (Å²) in [5.74, 6) is -0.237. The first-order valence-corrected chi connectivity index (χ1v) is 5.88. The summed E-state index contributed by atoms with van der Waals surface area (Å²) in [5.41, 5.74) is 0.675. The second kappa shape index (κ2) is 5.02. The van der Waals surface area contributed by atoms with Gasteiger partial charge < -0.3 is 10.2 Å². The highest BCUT2D eigenvalue weighted by Gasteiger charge is 2.28. The Kier molecular flexibility index (Phi) is 3.64. The van der Waals surface area contributed by atoms with Gasteiger partial charge in [0.2, 0.25) is 5.91 Å². The fourth-order valence-electron chi connectivity index (χ4n) is 1.92. The minimum absolute atomic E-state index is 0.0810. The molecule has 1 saturated heterocycles. The number of likely N-dealkylation sites (N-methyl/N-ethyl adjacent to an activating group) is 1. The quantitative estimate of drug-likeness (QED) is 0.895. The van der Waals surface area contributed by atoms with Crippen LogP contribution in [0.1, 0.15) is 12.0 Å². The number of halogens is 2. The predicted molar refractivity (Wildman–Crippen MR) is 64.3 cm³/mol. The van der Waals surface area contributed by atoms with Crippen LogP contribution in [0.5, 0.6) is 0 Å². The number of likely N-dealkylation sites (tertiary alicyclic amines) is 1. The van der Waals surface area contributed by atoms with Gasteiger partial charge in [0.1, 0.15) is 5.82 Å². The largest absolute Gasteiger partial charge is 0.344 e. The van der Waals surface area contributed by atoms with Crippen molar-refractivity contribution in [2.75, 3.05) is 13.6 Å². The number of amides is 1. The lowest BCUT2D eigenvalue weighted by Crippen LogP contribution is -2.36. The standard InChI is InChI=1S/C12H14ClFN2O/c1-16-5-4-11(12(16)17)15-7-8-6-9(14)2-3-10(8)13/h2-3,6,11,15H,4-5,7H2,1H3.